The van der Waals surface area contributed by atoms with Crippen LogP contribution in [0.3, 0.4) is 0 Å². The van der Waals surface area contributed by atoms with E-state index in [4.69, 9.17) is 4.74 Å². The molecule has 0 aliphatic carbocycles. The third kappa shape index (κ3) is 4.38. The van der Waals surface area contributed by atoms with Crippen molar-refractivity contribution in [2.75, 3.05) is 26.8 Å². The third-order valence-corrected chi connectivity index (χ3v) is 4.43. The van der Waals surface area contributed by atoms with E-state index in [2.05, 4.69) is 4.98 Å². The van der Waals surface area contributed by atoms with Gasteiger partial charge in [-0.15, -0.1) is 11.3 Å². The molecule has 21 heavy (non-hydrogen) atoms. The van der Waals surface area contributed by atoms with E-state index in [1.54, 1.807) is 18.9 Å². The summed E-state index contributed by atoms with van der Waals surface area (Å²) in [5, 5.41) is 10.8. The van der Waals surface area contributed by atoms with Crippen molar-refractivity contribution in [2.45, 2.75) is 38.1 Å². The van der Waals surface area contributed by atoms with E-state index in [-0.39, 0.29) is 11.4 Å². The number of halogens is 3. The maximum Gasteiger partial charge on any atom is 0.434 e. The zero-order valence-corrected chi connectivity index (χ0v) is 12.9. The largest absolute Gasteiger partial charge is 0.434 e. The highest BCUT2D eigenvalue weighted by atomic mass is 32.1. The summed E-state index contributed by atoms with van der Waals surface area (Å²) in [5.41, 5.74) is -1.69. The van der Waals surface area contributed by atoms with E-state index in [0.29, 0.717) is 37.6 Å². The van der Waals surface area contributed by atoms with Gasteiger partial charge in [-0.2, -0.15) is 13.2 Å². The van der Waals surface area contributed by atoms with E-state index in [1.165, 1.54) is 0 Å². The molecule has 1 aromatic heterocycles. The summed E-state index contributed by atoms with van der Waals surface area (Å²) in [6, 6.07) is 0. The molecular weight excluding hydrogens is 305 g/mol. The molecule has 0 amide bonds. The van der Waals surface area contributed by atoms with Crippen LogP contribution in [0, 0.1) is 6.92 Å². The predicted molar refractivity (Wildman–Crippen MR) is 73.2 cm³/mol. The average Bonchev–Trinajstić information content (AvgIpc) is 2.70. The van der Waals surface area contributed by atoms with Crippen molar-refractivity contribution in [1.29, 1.82) is 0 Å². The zero-order chi connectivity index (χ0) is 15.7. The standard InChI is InChI=1S/C13H19F3N2O2S/c1-9-17-11(13(14,15)16)10(21-9)7-18(2)8-12(19)3-5-20-6-4-12/h19H,3-8H2,1-2H3. The molecule has 1 fully saturated rings. The zero-order valence-electron chi connectivity index (χ0n) is 12.0. The molecule has 4 nitrogen and oxygen atoms in total. The van der Waals surface area contributed by atoms with E-state index in [0.717, 1.165) is 11.3 Å². The fourth-order valence-corrected chi connectivity index (χ4v) is 3.55. The van der Waals surface area contributed by atoms with E-state index >= 15 is 0 Å². The Kier molecular flexibility index (Phi) is 4.92. The van der Waals surface area contributed by atoms with Crippen LogP contribution in [0.5, 0.6) is 0 Å². The molecular formula is C13H19F3N2O2S. The molecule has 0 atom stereocenters. The minimum Gasteiger partial charge on any atom is -0.388 e. The molecule has 0 aromatic carbocycles. The van der Waals surface area contributed by atoms with Gasteiger partial charge in [-0.1, -0.05) is 0 Å². The highest BCUT2D eigenvalue weighted by molar-refractivity contribution is 7.11. The summed E-state index contributed by atoms with van der Waals surface area (Å²) in [6.07, 6.45) is -3.42. The number of hydrogen-bond acceptors (Lipinski definition) is 5. The summed E-state index contributed by atoms with van der Waals surface area (Å²) < 4.78 is 43.9. The molecule has 0 radical (unpaired) electrons. The van der Waals surface area contributed by atoms with Crippen molar-refractivity contribution in [3.63, 3.8) is 0 Å². The number of aromatic nitrogens is 1. The van der Waals surface area contributed by atoms with Gasteiger partial charge in [0.05, 0.1) is 15.5 Å². The number of aliphatic hydroxyl groups is 1. The Morgan fingerprint density at radius 1 is 1.38 bits per heavy atom. The van der Waals surface area contributed by atoms with Crippen LogP contribution in [0.25, 0.3) is 0 Å². The minimum absolute atomic E-state index is 0.128. The number of aryl methyl sites for hydroxylation is 1. The first-order valence-electron chi connectivity index (χ1n) is 6.72. The van der Waals surface area contributed by atoms with E-state index in [9.17, 15) is 18.3 Å². The van der Waals surface area contributed by atoms with Gasteiger partial charge in [0.2, 0.25) is 0 Å². The Hall–Kier alpha value is -0.700. The van der Waals surface area contributed by atoms with Gasteiger partial charge >= 0.3 is 6.18 Å². The highest BCUT2D eigenvalue weighted by Gasteiger charge is 2.38. The van der Waals surface area contributed by atoms with Crippen LogP contribution < -0.4 is 0 Å². The molecule has 120 valence electrons. The summed E-state index contributed by atoms with van der Waals surface area (Å²) in [6.45, 7) is 2.99. The van der Waals surface area contributed by atoms with Crippen LogP contribution in [0.1, 0.15) is 28.4 Å². The maximum atomic E-state index is 12.9. The molecule has 1 N–H and O–H groups in total. The molecule has 2 rings (SSSR count). The van der Waals surface area contributed by atoms with Gasteiger partial charge < -0.3 is 9.84 Å². The summed E-state index contributed by atoms with van der Waals surface area (Å²) in [5.74, 6) is 0. The van der Waals surface area contributed by atoms with Crippen LogP contribution in [-0.4, -0.2) is 47.4 Å². The van der Waals surface area contributed by atoms with Crippen LogP contribution in [-0.2, 0) is 17.5 Å². The lowest BCUT2D eigenvalue weighted by molar-refractivity contribution is -0.141. The van der Waals surface area contributed by atoms with Crippen molar-refractivity contribution in [1.82, 2.24) is 9.88 Å². The molecule has 1 aliphatic heterocycles. The second-order valence-corrected chi connectivity index (χ2v) is 6.80. The molecule has 1 saturated heterocycles. The van der Waals surface area contributed by atoms with Crippen molar-refractivity contribution in [2.24, 2.45) is 0 Å². The smallest absolute Gasteiger partial charge is 0.388 e. The normalized spacial score (nSPS) is 19.2. The van der Waals surface area contributed by atoms with Gasteiger partial charge in [0.1, 0.15) is 0 Å². The van der Waals surface area contributed by atoms with Crippen molar-refractivity contribution >= 4 is 11.3 Å². The number of hydrogen-bond donors (Lipinski definition) is 1. The van der Waals surface area contributed by atoms with Crippen molar-refractivity contribution in [3.05, 3.63) is 15.6 Å². The summed E-state index contributed by atoms with van der Waals surface area (Å²) in [7, 11) is 1.71. The second-order valence-electron chi connectivity index (χ2n) is 5.51. The number of thiazole rings is 1. The maximum absolute atomic E-state index is 12.9. The number of ether oxygens (including phenoxy) is 1. The number of likely N-dealkylation sites (N-methyl/N-ethyl adjacent to an activating group) is 1. The number of nitrogens with zero attached hydrogens (tertiary/aromatic N) is 2. The lowest BCUT2D eigenvalue weighted by Gasteiger charge is -2.35. The van der Waals surface area contributed by atoms with Crippen LogP contribution >= 0.6 is 11.3 Å². The first-order chi connectivity index (χ1) is 9.70. The van der Waals surface area contributed by atoms with Crippen LogP contribution in [0.2, 0.25) is 0 Å². The summed E-state index contributed by atoms with van der Waals surface area (Å²) in [4.78, 5) is 5.49. The second kappa shape index (κ2) is 6.20. The fraction of sp³-hybridized carbons (Fsp3) is 0.769. The molecule has 8 heteroatoms. The third-order valence-electron chi connectivity index (χ3n) is 3.47. The highest BCUT2D eigenvalue weighted by Crippen LogP contribution is 2.35. The first-order valence-corrected chi connectivity index (χ1v) is 7.53. The predicted octanol–water partition coefficient (Wildman–Crippen LogP) is 2.44. The van der Waals surface area contributed by atoms with Gasteiger partial charge in [-0.05, 0) is 14.0 Å². The lowest BCUT2D eigenvalue weighted by atomic mass is 9.94. The fourth-order valence-electron chi connectivity index (χ4n) is 2.51. The van der Waals surface area contributed by atoms with E-state index < -0.39 is 17.5 Å². The molecule has 0 spiro atoms. The molecule has 1 aromatic rings. The average molecular weight is 324 g/mol. The van der Waals surface area contributed by atoms with Gasteiger partial charge in [-0.25, -0.2) is 4.98 Å². The molecule has 0 saturated carbocycles. The summed E-state index contributed by atoms with van der Waals surface area (Å²) >= 11 is 1.05. The van der Waals surface area contributed by atoms with Gasteiger partial charge in [0.15, 0.2) is 5.69 Å². The molecule has 0 bridgehead atoms. The van der Waals surface area contributed by atoms with E-state index in [1.807, 2.05) is 0 Å². The lowest BCUT2D eigenvalue weighted by Crippen LogP contribution is -2.45. The molecule has 1 aliphatic rings. The Morgan fingerprint density at radius 3 is 2.57 bits per heavy atom. The minimum atomic E-state index is -4.43. The Morgan fingerprint density at radius 2 is 2.00 bits per heavy atom. The van der Waals surface area contributed by atoms with Gasteiger partial charge in [0.25, 0.3) is 0 Å². The van der Waals surface area contributed by atoms with Crippen molar-refractivity contribution < 1.29 is 23.0 Å². The first kappa shape index (κ1) is 16.7. The topological polar surface area (TPSA) is 45.6 Å². The number of rotatable bonds is 4. The molecule has 0 unspecified atom stereocenters. The molecule has 2 heterocycles. The van der Waals surface area contributed by atoms with Crippen LogP contribution in [0.15, 0.2) is 0 Å². The quantitative estimate of drug-likeness (QED) is 0.924. The van der Waals surface area contributed by atoms with Crippen LogP contribution in [0.4, 0.5) is 13.2 Å². The monoisotopic (exact) mass is 324 g/mol. The SMILES string of the molecule is Cc1nc(C(F)(F)F)c(CN(C)CC2(O)CCOCC2)s1. The Labute approximate surface area is 125 Å². The Balaban J connectivity index is 2.04. The van der Waals surface area contributed by atoms with Gasteiger partial charge in [0, 0.05) is 39.1 Å². The van der Waals surface area contributed by atoms with Crippen molar-refractivity contribution in [3.8, 4) is 0 Å². The van der Waals surface area contributed by atoms with Gasteiger partial charge in [-0.3, -0.25) is 4.90 Å². The number of alkyl halides is 3. The Bertz CT molecular complexity index is 484.